The number of nitrogens with zero attached hydrogens (tertiary/aromatic N) is 1. The minimum atomic E-state index is 0.185. The van der Waals surface area contributed by atoms with Gasteiger partial charge in [-0.15, -0.1) is 0 Å². The largest absolute Gasteiger partial charge is 0.383 e. The number of ether oxygens (including phenoxy) is 1. The van der Waals surface area contributed by atoms with Gasteiger partial charge in [0.1, 0.15) is 0 Å². The Morgan fingerprint density at radius 1 is 1.47 bits per heavy atom. The lowest BCUT2D eigenvalue weighted by molar-refractivity contribution is -0.131. The summed E-state index contributed by atoms with van der Waals surface area (Å²) in [4.78, 5) is 14.2. The summed E-state index contributed by atoms with van der Waals surface area (Å²) in [6.45, 7) is 7.52. The second-order valence-electron chi connectivity index (χ2n) is 4.79. The first-order valence-corrected chi connectivity index (χ1v) is 6.73. The third kappa shape index (κ3) is 4.28. The van der Waals surface area contributed by atoms with E-state index in [0.717, 1.165) is 13.1 Å². The van der Waals surface area contributed by atoms with Crippen molar-refractivity contribution >= 4 is 5.91 Å². The average Bonchev–Trinajstić information content (AvgIpc) is 2.26. The highest BCUT2D eigenvalue weighted by atomic mass is 16.5. The molecule has 1 amide bonds. The Morgan fingerprint density at radius 3 is 2.71 bits per heavy atom. The highest BCUT2D eigenvalue weighted by Crippen LogP contribution is 2.22. The van der Waals surface area contributed by atoms with E-state index in [-0.39, 0.29) is 11.8 Å². The van der Waals surface area contributed by atoms with Crippen molar-refractivity contribution < 1.29 is 9.53 Å². The Morgan fingerprint density at radius 2 is 2.18 bits per heavy atom. The van der Waals surface area contributed by atoms with Crippen LogP contribution in [-0.4, -0.2) is 50.2 Å². The molecule has 4 nitrogen and oxygen atoms in total. The lowest BCUT2D eigenvalue weighted by Crippen LogP contribution is -2.57. The number of rotatable bonds is 8. The van der Waals surface area contributed by atoms with E-state index in [1.165, 1.54) is 19.3 Å². The predicted octanol–water partition coefficient (Wildman–Crippen LogP) is 1.26. The van der Waals surface area contributed by atoms with Crippen molar-refractivity contribution in [3.8, 4) is 0 Å². The number of methoxy groups -OCH3 is 1. The van der Waals surface area contributed by atoms with Gasteiger partial charge in [0, 0.05) is 32.8 Å². The summed E-state index contributed by atoms with van der Waals surface area (Å²) in [7, 11) is 1.65. The fraction of sp³-hybridized carbons (Fsp3) is 0.923. The van der Waals surface area contributed by atoms with E-state index in [1.54, 1.807) is 7.11 Å². The number of hydrogen-bond donors (Lipinski definition) is 1. The van der Waals surface area contributed by atoms with Gasteiger partial charge in [-0.1, -0.05) is 20.3 Å². The Bertz CT molecular complexity index is 227. The summed E-state index contributed by atoms with van der Waals surface area (Å²) in [6.07, 6.45) is 3.65. The van der Waals surface area contributed by atoms with Crippen LogP contribution in [0.3, 0.4) is 0 Å². The zero-order valence-corrected chi connectivity index (χ0v) is 11.4. The predicted molar refractivity (Wildman–Crippen MR) is 68.9 cm³/mol. The van der Waals surface area contributed by atoms with Gasteiger partial charge in [-0.05, 0) is 12.8 Å². The zero-order valence-electron chi connectivity index (χ0n) is 11.4. The summed E-state index contributed by atoms with van der Waals surface area (Å²) in [5.74, 6) is 0.377. The van der Waals surface area contributed by atoms with Gasteiger partial charge < -0.3 is 10.1 Å². The van der Waals surface area contributed by atoms with Crippen molar-refractivity contribution in [1.29, 1.82) is 0 Å². The maximum atomic E-state index is 11.7. The first-order chi connectivity index (χ1) is 8.22. The van der Waals surface area contributed by atoms with Crippen LogP contribution in [0.4, 0.5) is 0 Å². The second-order valence-corrected chi connectivity index (χ2v) is 4.79. The third-order valence-corrected chi connectivity index (χ3v) is 3.50. The van der Waals surface area contributed by atoms with E-state index in [9.17, 15) is 4.79 Å². The minimum Gasteiger partial charge on any atom is -0.383 e. The van der Waals surface area contributed by atoms with Crippen LogP contribution in [0.25, 0.3) is 0 Å². The molecule has 0 aromatic rings. The Kier molecular flexibility index (Phi) is 6.52. The molecule has 1 aliphatic rings. The van der Waals surface area contributed by atoms with E-state index < -0.39 is 0 Å². The van der Waals surface area contributed by atoms with Crippen LogP contribution in [0.5, 0.6) is 0 Å². The SMILES string of the molecule is CCCC(CC)N1CC(C(=O)NCCOC)C1. The minimum absolute atomic E-state index is 0.185. The normalized spacial score (nSPS) is 18.8. The quantitative estimate of drug-likeness (QED) is 0.652. The van der Waals surface area contributed by atoms with Crippen molar-refractivity contribution in [3.05, 3.63) is 0 Å². The van der Waals surface area contributed by atoms with E-state index in [2.05, 4.69) is 24.1 Å². The number of hydrogen-bond acceptors (Lipinski definition) is 3. The van der Waals surface area contributed by atoms with Gasteiger partial charge in [0.25, 0.3) is 0 Å². The number of carbonyl (C=O) groups is 1. The van der Waals surface area contributed by atoms with Crippen molar-refractivity contribution in [2.24, 2.45) is 5.92 Å². The Labute approximate surface area is 105 Å². The first kappa shape index (κ1) is 14.5. The molecule has 0 spiro atoms. The van der Waals surface area contributed by atoms with Gasteiger partial charge in [0.15, 0.2) is 0 Å². The van der Waals surface area contributed by atoms with Gasteiger partial charge in [0.05, 0.1) is 12.5 Å². The Balaban J connectivity index is 2.18. The molecule has 0 aliphatic carbocycles. The van der Waals surface area contributed by atoms with Crippen LogP contribution >= 0.6 is 0 Å². The van der Waals surface area contributed by atoms with E-state index in [4.69, 9.17) is 4.74 Å². The van der Waals surface area contributed by atoms with Crippen LogP contribution in [-0.2, 0) is 9.53 Å². The molecule has 0 bridgehead atoms. The molecule has 1 unspecified atom stereocenters. The zero-order chi connectivity index (χ0) is 12.7. The summed E-state index contributed by atoms with van der Waals surface area (Å²) in [5, 5.41) is 2.90. The van der Waals surface area contributed by atoms with Gasteiger partial charge >= 0.3 is 0 Å². The molecule has 4 heteroatoms. The molecular weight excluding hydrogens is 216 g/mol. The summed E-state index contributed by atoms with van der Waals surface area (Å²) >= 11 is 0. The van der Waals surface area contributed by atoms with Crippen LogP contribution < -0.4 is 5.32 Å². The first-order valence-electron chi connectivity index (χ1n) is 6.73. The molecule has 0 radical (unpaired) electrons. The Hall–Kier alpha value is -0.610. The van der Waals surface area contributed by atoms with E-state index in [0.29, 0.717) is 19.2 Å². The van der Waals surface area contributed by atoms with Crippen molar-refractivity contribution in [2.45, 2.75) is 39.2 Å². The van der Waals surface area contributed by atoms with Crippen LogP contribution in [0.1, 0.15) is 33.1 Å². The highest BCUT2D eigenvalue weighted by Gasteiger charge is 2.35. The molecule has 0 saturated carbocycles. The molecule has 1 saturated heterocycles. The van der Waals surface area contributed by atoms with E-state index in [1.807, 2.05) is 0 Å². The molecule has 1 atom stereocenters. The lowest BCUT2D eigenvalue weighted by atomic mass is 9.94. The molecule has 1 heterocycles. The number of carbonyl (C=O) groups excluding carboxylic acids is 1. The number of likely N-dealkylation sites (tertiary alicyclic amines) is 1. The van der Waals surface area contributed by atoms with Gasteiger partial charge in [-0.25, -0.2) is 0 Å². The molecule has 0 aromatic carbocycles. The van der Waals surface area contributed by atoms with Crippen LogP contribution in [0.2, 0.25) is 0 Å². The topological polar surface area (TPSA) is 41.6 Å². The summed E-state index contributed by atoms with van der Waals surface area (Å²) in [6, 6.07) is 0.669. The molecule has 100 valence electrons. The molecule has 0 aromatic heterocycles. The van der Waals surface area contributed by atoms with Gasteiger partial charge in [-0.3, -0.25) is 9.69 Å². The molecule has 1 aliphatic heterocycles. The maximum absolute atomic E-state index is 11.7. The smallest absolute Gasteiger partial charge is 0.225 e. The molecule has 1 N–H and O–H groups in total. The highest BCUT2D eigenvalue weighted by molar-refractivity contribution is 5.80. The molecule has 1 rings (SSSR count). The molecular formula is C13H26N2O2. The molecule has 1 fully saturated rings. The van der Waals surface area contributed by atoms with Gasteiger partial charge in [-0.2, -0.15) is 0 Å². The summed E-state index contributed by atoms with van der Waals surface area (Å²) in [5.41, 5.74) is 0. The average molecular weight is 242 g/mol. The van der Waals surface area contributed by atoms with Gasteiger partial charge in [0.2, 0.25) is 5.91 Å². The lowest BCUT2D eigenvalue weighted by Gasteiger charge is -2.43. The fourth-order valence-electron chi connectivity index (χ4n) is 2.38. The number of amides is 1. The van der Waals surface area contributed by atoms with Crippen molar-refractivity contribution in [1.82, 2.24) is 10.2 Å². The maximum Gasteiger partial charge on any atom is 0.225 e. The van der Waals surface area contributed by atoms with Crippen molar-refractivity contribution in [2.75, 3.05) is 33.4 Å². The third-order valence-electron chi connectivity index (χ3n) is 3.50. The summed E-state index contributed by atoms with van der Waals surface area (Å²) < 4.78 is 4.91. The fourth-order valence-corrected chi connectivity index (χ4v) is 2.38. The van der Waals surface area contributed by atoms with Crippen LogP contribution in [0.15, 0.2) is 0 Å². The molecule has 17 heavy (non-hydrogen) atoms. The monoisotopic (exact) mass is 242 g/mol. The second kappa shape index (κ2) is 7.67. The van der Waals surface area contributed by atoms with E-state index >= 15 is 0 Å². The van der Waals surface area contributed by atoms with Crippen molar-refractivity contribution in [3.63, 3.8) is 0 Å². The number of nitrogens with one attached hydrogen (secondary N) is 1. The standard InChI is InChI=1S/C13H26N2O2/c1-4-6-12(5-2)15-9-11(10-15)13(16)14-7-8-17-3/h11-12H,4-10H2,1-3H3,(H,14,16). The van der Waals surface area contributed by atoms with Crippen LogP contribution in [0, 0.1) is 5.92 Å².